The van der Waals surface area contributed by atoms with Crippen LogP contribution in [0.4, 0.5) is 11.4 Å². The number of fused-ring (bicyclic) bond motifs is 1. The Bertz CT molecular complexity index is 905. The van der Waals surface area contributed by atoms with E-state index in [2.05, 4.69) is 5.32 Å². The second-order valence-electron chi connectivity index (χ2n) is 6.88. The van der Waals surface area contributed by atoms with Crippen LogP contribution in [-0.2, 0) is 11.2 Å². The summed E-state index contributed by atoms with van der Waals surface area (Å²) in [5.74, 6) is 1.39. The summed E-state index contributed by atoms with van der Waals surface area (Å²) in [6.45, 7) is 0.696. The van der Waals surface area contributed by atoms with Gasteiger partial charge in [0, 0.05) is 29.8 Å². The van der Waals surface area contributed by atoms with Gasteiger partial charge >= 0.3 is 0 Å². The molecule has 0 saturated heterocycles. The second-order valence-corrected chi connectivity index (χ2v) is 6.88. The van der Waals surface area contributed by atoms with Crippen LogP contribution in [0.2, 0.25) is 0 Å². The van der Waals surface area contributed by atoms with Gasteiger partial charge in [-0.25, -0.2) is 0 Å². The van der Waals surface area contributed by atoms with Crippen molar-refractivity contribution in [2.75, 3.05) is 31.0 Å². The molecule has 1 N–H and O–H groups in total. The van der Waals surface area contributed by atoms with Crippen molar-refractivity contribution in [3.63, 3.8) is 0 Å². The Morgan fingerprint density at radius 2 is 1.89 bits per heavy atom. The molecule has 1 aliphatic carbocycles. The van der Waals surface area contributed by atoms with Crippen molar-refractivity contribution in [2.24, 2.45) is 5.92 Å². The first-order chi connectivity index (χ1) is 13.1. The van der Waals surface area contributed by atoms with Crippen LogP contribution in [0.15, 0.2) is 36.4 Å². The third-order valence-corrected chi connectivity index (χ3v) is 5.09. The van der Waals surface area contributed by atoms with Gasteiger partial charge in [0.25, 0.3) is 5.91 Å². The van der Waals surface area contributed by atoms with E-state index in [1.165, 1.54) is 0 Å². The van der Waals surface area contributed by atoms with E-state index in [0.29, 0.717) is 29.3 Å². The highest BCUT2D eigenvalue weighted by molar-refractivity contribution is 6.06. The molecule has 0 radical (unpaired) electrons. The Balaban J connectivity index is 1.53. The van der Waals surface area contributed by atoms with Crippen molar-refractivity contribution in [2.45, 2.75) is 19.3 Å². The number of amides is 2. The summed E-state index contributed by atoms with van der Waals surface area (Å²) in [5, 5.41) is 2.88. The van der Waals surface area contributed by atoms with Gasteiger partial charge < -0.3 is 19.7 Å². The Labute approximate surface area is 158 Å². The lowest BCUT2D eigenvalue weighted by Gasteiger charge is -2.17. The average molecular weight is 366 g/mol. The molecule has 27 heavy (non-hydrogen) atoms. The number of hydrogen-bond acceptors (Lipinski definition) is 4. The molecule has 2 aromatic rings. The lowest BCUT2D eigenvalue weighted by atomic mass is 10.1. The molecule has 1 fully saturated rings. The number of ether oxygens (including phenoxy) is 2. The number of nitrogens with zero attached hydrogens (tertiary/aromatic N) is 1. The molecule has 4 rings (SSSR count). The average Bonchev–Trinajstić information content (AvgIpc) is 3.46. The van der Waals surface area contributed by atoms with E-state index >= 15 is 0 Å². The third kappa shape index (κ3) is 3.35. The van der Waals surface area contributed by atoms with Crippen molar-refractivity contribution in [3.8, 4) is 11.5 Å². The fraction of sp³-hybridized carbons (Fsp3) is 0.333. The van der Waals surface area contributed by atoms with Gasteiger partial charge in [-0.2, -0.15) is 0 Å². The normalized spacial score (nSPS) is 15.3. The molecule has 2 aromatic carbocycles. The third-order valence-electron chi connectivity index (χ3n) is 5.09. The predicted octanol–water partition coefficient (Wildman–Crippen LogP) is 3.26. The Morgan fingerprint density at radius 1 is 1.07 bits per heavy atom. The van der Waals surface area contributed by atoms with Crippen molar-refractivity contribution in [1.29, 1.82) is 0 Å². The summed E-state index contributed by atoms with van der Waals surface area (Å²) < 4.78 is 10.5. The lowest BCUT2D eigenvalue weighted by Crippen LogP contribution is -2.30. The standard InChI is InChI=1S/C21H22N2O4/c1-26-16-6-7-17(19(12-16)27-2)22-20(24)15-5-8-18-14(11-15)9-10-23(18)21(25)13-3-4-13/h5-8,11-13H,3-4,9-10H2,1-2H3,(H,22,24). The molecule has 0 atom stereocenters. The van der Waals surface area contributed by atoms with Crippen molar-refractivity contribution in [3.05, 3.63) is 47.5 Å². The number of anilines is 2. The van der Waals surface area contributed by atoms with Gasteiger partial charge in [-0.15, -0.1) is 0 Å². The van der Waals surface area contributed by atoms with Gasteiger partial charge in [-0.1, -0.05) is 0 Å². The number of carbonyl (C=O) groups is 2. The zero-order valence-corrected chi connectivity index (χ0v) is 15.5. The molecule has 0 unspecified atom stereocenters. The molecule has 0 spiro atoms. The van der Waals surface area contributed by atoms with E-state index in [4.69, 9.17) is 9.47 Å². The van der Waals surface area contributed by atoms with Crippen LogP contribution in [0.1, 0.15) is 28.8 Å². The van der Waals surface area contributed by atoms with Crippen LogP contribution >= 0.6 is 0 Å². The highest BCUT2D eigenvalue weighted by Crippen LogP contribution is 2.37. The number of nitrogens with one attached hydrogen (secondary N) is 1. The van der Waals surface area contributed by atoms with Gasteiger partial charge in [-0.05, 0) is 55.2 Å². The van der Waals surface area contributed by atoms with E-state index in [9.17, 15) is 9.59 Å². The molecule has 1 aliphatic heterocycles. The molecule has 6 heteroatoms. The molecule has 0 bridgehead atoms. The number of hydrogen-bond donors (Lipinski definition) is 1. The zero-order chi connectivity index (χ0) is 19.0. The van der Waals surface area contributed by atoms with E-state index in [1.807, 2.05) is 17.0 Å². The number of methoxy groups -OCH3 is 2. The van der Waals surface area contributed by atoms with Crippen LogP contribution in [0.25, 0.3) is 0 Å². The largest absolute Gasteiger partial charge is 0.497 e. The Morgan fingerprint density at radius 3 is 2.59 bits per heavy atom. The summed E-state index contributed by atoms with van der Waals surface area (Å²) in [6.07, 6.45) is 2.77. The van der Waals surface area contributed by atoms with E-state index in [0.717, 1.165) is 30.5 Å². The van der Waals surface area contributed by atoms with Crippen LogP contribution in [0.5, 0.6) is 11.5 Å². The monoisotopic (exact) mass is 366 g/mol. The molecule has 140 valence electrons. The summed E-state index contributed by atoms with van der Waals surface area (Å²) >= 11 is 0. The van der Waals surface area contributed by atoms with Gasteiger partial charge in [0.15, 0.2) is 0 Å². The minimum Gasteiger partial charge on any atom is -0.497 e. The van der Waals surface area contributed by atoms with Gasteiger partial charge in [0.05, 0.1) is 19.9 Å². The first-order valence-electron chi connectivity index (χ1n) is 9.08. The molecule has 1 saturated carbocycles. The molecule has 2 aliphatic rings. The summed E-state index contributed by atoms with van der Waals surface area (Å²) in [5.41, 5.74) is 3.12. The van der Waals surface area contributed by atoms with Crippen LogP contribution in [0, 0.1) is 5.92 Å². The SMILES string of the molecule is COc1ccc(NC(=O)c2ccc3c(c2)CCN3C(=O)C2CC2)c(OC)c1. The molecule has 1 heterocycles. The number of carbonyl (C=O) groups excluding carboxylic acids is 2. The van der Waals surface area contributed by atoms with Crippen LogP contribution in [-0.4, -0.2) is 32.6 Å². The van der Waals surface area contributed by atoms with Gasteiger partial charge in [-0.3, -0.25) is 9.59 Å². The van der Waals surface area contributed by atoms with Crippen LogP contribution in [0.3, 0.4) is 0 Å². The lowest BCUT2D eigenvalue weighted by molar-refractivity contribution is -0.119. The van der Waals surface area contributed by atoms with E-state index in [1.54, 1.807) is 38.5 Å². The Kier molecular flexibility index (Phi) is 4.48. The smallest absolute Gasteiger partial charge is 0.255 e. The maximum atomic E-state index is 12.7. The van der Waals surface area contributed by atoms with Gasteiger partial charge in [0.2, 0.25) is 5.91 Å². The minimum atomic E-state index is -0.215. The summed E-state index contributed by atoms with van der Waals surface area (Å²) in [4.78, 5) is 26.9. The van der Waals surface area contributed by atoms with Crippen molar-refractivity contribution < 1.29 is 19.1 Å². The highest BCUT2D eigenvalue weighted by atomic mass is 16.5. The highest BCUT2D eigenvalue weighted by Gasteiger charge is 2.36. The van der Waals surface area contributed by atoms with E-state index in [-0.39, 0.29) is 17.7 Å². The Hall–Kier alpha value is -3.02. The topological polar surface area (TPSA) is 67.9 Å². The van der Waals surface area contributed by atoms with E-state index < -0.39 is 0 Å². The summed E-state index contributed by atoms with van der Waals surface area (Å²) in [6, 6.07) is 10.8. The quantitative estimate of drug-likeness (QED) is 0.882. The molecule has 2 amide bonds. The second kappa shape index (κ2) is 6.95. The van der Waals surface area contributed by atoms with Gasteiger partial charge in [0.1, 0.15) is 11.5 Å². The first-order valence-corrected chi connectivity index (χ1v) is 9.08. The number of rotatable bonds is 5. The maximum Gasteiger partial charge on any atom is 0.255 e. The molecule has 0 aromatic heterocycles. The minimum absolute atomic E-state index is 0.196. The first kappa shape index (κ1) is 17.4. The fourth-order valence-corrected chi connectivity index (χ4v) is 3.42. The zero-order valence-electron chi connectivity index (χ0n) is 15.5. The summed E-state index contributed by atoms with van der Waals surface area (Å²) in [7, 11) is 3.13. The predicted molar refractivity (Wildman–Crippen MR) is 103 cm³/mol. The molecular weight excluding hydrogens is 344 g/mol. The molecular formula is C21H22N2O4. The molecule has 6 nitrogen and oxygen atoms in total. The fourth-order valence-electron chi connectivity index (χ4n) is 3.42. The number of benzene rings is 2. The van der Waals surface area contributed by atoms with Crippen LogP contribution < -0.4 is 19.7 Å². The van der Waals surface area contributed by atoms with Crippen molar-refractivity contribution >= 4 is 23.2 Å². The maximum absolute atomic E-state index is 12.7. The van der Waals surface area contributed by atoms with Crippen molar-refractivity contribution in [1.82, 2.24) is 0 Å².